The van der Waals surface area contributed by atoms with Crippen molar-refractivity contribution in [2.75, 3.05) is 0 Å². The third-order valence-corrected chi connectivity index (χ3v) is 12.3. The van der Waals surface area contributed by atoms with Crippen LogP contribution in [-0.4, -0.2) is 3.21 Å². The molecule has 0 amide bonds. The van der Waals surface area contributed by atoms with Crippen LogP contribution in [0.15, 0.2) is 109 Å². The normalized spacial score (nSPS) is 17.3. The summed E-state index contributed by atoms with van der Waals surface area (Å²) < 4.78 is 26.6. The van der Waals surface area contributed by atoms with Crippen molar-refractivity contribution in [2.24, 2.45) is 16.7 Å². The van der Waals surface area contributed by atoms with Crippen molar-refractivity contribution in [3.05, 3.63) is 160 Å². The number of hydrogen-bond donors (Lipinski definition) is 0. The quantitative estimate of drug-likeness (QED) is 0.157. The van der Waals surface area contributed by atoms with E-state index in [0.717, 1.165) is 14.3 Å². The predicted molar refractivity (Wildman–Crippen MR) is 225 cm³/mol. The van der Waals surface area contributed by atoms with Crippen molar-refractivity contribution in [3.8, 4) is 0 Å². The zero-order valence-electron chi connectivity index (χ0n) is 34.9. The second-order valence-corrected chi connectivity index (χ2v) is 19.8. The van der Waals surface area contributed by atoms with Crippen LogP contribution in [0.2, 0.25) is 0 Å². The van der Waals surface area contributed by atoms with Crippen LogP contribution in [0.1, 0.15) is 116 Å². The van der Waals surface area contributed by atoms with E-state index in [4.69, 9.17) is 0 Å². The first-order valence-electron chi connectivity index (χ1n) is 19.1. The van der Waals surface area contributed by atoms with E-state index >= 15 is 0 Å². The topological polar surface area (TPSA) is 0 Å². The maximum absolute atomic E-state index is 12.8. The fourth-order valence-electron chi connectivity index (χ4n) is 8.04. The molecule has 0 heterocycles. The minimum Gasteiger partial charge on any atom is -1.00 e. The first-order valence-corrected chi connectivity index (χ1v) is 20.4. The Labute approximate surface area is 361 Å². The van der Waals surface area contributed by atoms with Gasteiger partial charge in [-0.15, -0.1) is 46.7 Å². The molecule has 0 aromatic heterocycles. The number of rotatable bonds is 2. The van der Waals surface area contributed by atoms with Crippen molar-refractivity contribution < 1.29 is 57.8 Å². The fraction of sp³-hybridized carbons (Fsp3) is 0.333. The summed E-state index contributed by atoms with van der Waals surface area (Å²) in [6, 6.07) is 25.0. The van der Waals surface area contributed by atoms with Crippen LogP contribution in [0.5, 0.6) is 0 Å². The summed E-state index contributed by atoms with van der Waals surface area (Å²) in [6.45, 7) is 27.7. The maximum atomic E-state index is 12.8. The zero-order chi connectivity index (χ0) is 39.5. The number of benzene rings is 4. The molecule has 0 spiro atoms. The molecule has 0 saturated carbocycles. The van der Waals surface area contributed by atoms with Crippen LogP contribution < -0.4 is 24.8 Å². The summed E-state index contributed by atoms with van der Waals surface area (Å²) in [4.78, 5) is 0. The van der Waals surface area contributed by atoms with Crippen LogP contribution >= 0.6 is 0 Å². The van der Waals surface area contributed by atoms with Gasteiger partial charge < -0.3 is 24.8 Å². The number of allylic oxidation sites excluding steroid dienone is 8. The molecular weight excluding hydrogens is 813 g/mol. The second kappa shape index (κ2) is 16.6. The molecular formula is C51H54Cl2F2Zr-2. The van der Waals surface area contributed by atoms with Crippen molar-refractivity contribution in [1.29, 1.82) is 0 Å². The minimum absolute atomic E-state index is 0. The molecule has 0 bridgehead atoms. The summed E-state index contributed by atoms with van der Waals surface area (Å²) in [7, 11) is 0. The summed E-state index contributed by atoms with van der Waals surface area (Å²) in [5.74, 6) is 0.0675. The first-order chi connectivity index (χ1) is 25.0. The first kappa shape index (κ1) is 45.6. The van der Waals surface area contributed by atoms with Crippen LogP contribution in [0, 0.1) is 34.5 Å². The Balaban J connectivity index is 0.000000232. The molecule has 5 heteroatoms. The molecule has 56 heavy (non-hydrogen) atoms. The molecule has 5 aromatic rings. The van der Waals surface area contributed by atoms with Crippen LogP contribution in [0.4, 0.5) is 8.78 Å². The van der Waals surface area contributed by atoms with Crippen molar-refractivity contribution in [1.82, 2.24) is 0 Å². The average molecular weight is 867 g/mol. The van der Waals surface area contributed by atoms with E-state index in [2.05, 4.69) is 138 Å². The number of hydrogen-bond acceptors (Lipinski definition) is 0. The van der Waals surface area contributed by atoms with Crippen LogP contribution in [0.25, 0.3) is 32.7 Å². The number of halogens is 4. The Kier molecular flexibility index (Phi) is 13.6. The average Bonchev–Trinajstić information content (AvgIpc) is 3.80. The van der Waals surface area contributed by atoms with Gasteiger partial charge in [-0.25, -0.2) is 11.6 Å². The van der Waals surface area contributed by atoms with Gasteiger partial charge in [-0.1, -0.05) is 117 Å². The van der Waals surface area contributed by atoms with E-state index in [1.165, 1.54) is 109 Å². The van der Waals surface area contributed by atoms with Gasteiger partial charge in [0, 0.05) is 10.8 Å². The van der Waals surface area contributed by atoms with Gasteiger partial charge in [-0.2, -0.15) is 6.08 Å². The maximum Gasteiger partial charge on any atom is -1.00 e. The van der Waals surface area contributed by atoms with Gasteiger partial charge in [0.1, 0.15) is 0 Å². The molecule has 1 atom stereocenters. The molecule has 0 fully saturated rings. The van der Waals surface area contributed by atoms with Gasteiger partial charge in [0.05, 0.1) is 0 Å². The Morgan fingerprint density at radius 1 is 0.661 bits per heavy atom. The van der Waals surface area contributed by atoms with E-state index in [1.807, 2.05) is 6.08 Å². The Morgan fingerprint density at radius 3 is 1.32 bits per heavy atom. The minimum atomic E-state index is -0.244. The zero-order valence-corrected chi connectivity index (χ0v) is 38.9. The molecule has 5 aromatic carbocycles. The smallest absolute Gasteiger partial charge is 1.00 e. The molecule has 0 saturated heterocycles. The SMILES string of the molecule is CC(C)(C)C1=CC(C)(C)c2cc3[cH-]c4cc5c(cc4c3cc21)C(C(C)(C)C)=CC5(C)C.CC1=CC(C)[C-]=C1.Fc1ccc([C](=[Zr+2])c2ccc(F)cc2)cc1.[Cl-].[Cl-]. The van der Waals surface area contributed by atoms with Crippen molar-refractivity contribution in [3.63, 3.8) is 0 Å². The summed E-state index contributed by atoms with van der Waals surface area (Å²) in [6.07, 6.45) is 12.4. The molecule has 292 valence electrons. The van der Waals surface area contributed by atoms with E-state index in [1.54, 1.807) is 24.3 Å². The third kappa shape index (κ3) is 9.44. The van der Waals surface area contributed by atoms with E-state index < -0.39 is 0 Å². The Bertz CT molecular complexity index is 2230. The standard InChI is InChI=1S/C31H37.C13H8F2.C7H9.2ClH.Zr/c1-28(2,3)26-16-30(7,8)24-12-18-11-19-13-25-23(15-21(19)20(18)14-22(24)26)27(29(4,5)6)17-31(25,9)10;14-12-5-1-10(2-6-12)9-11-3-7-13(15)8-4-11;1-6-3-4-7(2)5-6;;;/h11-17H,1-10H3;1-8H;3,5,7H,1-2H3;2*1H;/q-1;;-1;;;+2/p-2. The largest absolute Gasteiger partial charge is 1.00 e. The monoisotopic (exact) mass is 864 g/mol. The number of fused-ring (bicyclic) bond motifs is 5. The van der Waals surface area contributed by atoms with E-state index in [-0.39, 0.29) is 58.1 Å². The van der Waals surface area contributed by atoms with Crippen molar-refractivity contribution in [2.45, 2.75) is 93.9 Å². The molecule has 0 nitrogen and oxygen atoms in total. The van der Waals surface area contributed by atoms with E-state index in [0.29, 0.717) is 5.92 Å². The van der Waals surface area contributed by atoms with Gasteiger partial charge in [-0.3, -0.25) is 6.08 Å². The fourth-order valence-corrected chi connectivity index (χ4v) is 8.86. The van der Waals surface area contributed by atoms with Gasteiger partial charge in [0.25, 0.3) is 0 Å². The van der Waals surface area contributed by atoms with Gasteiger partial charge in [0.2, 0.25) is 0 Å². The van der Waals surface area contributed by atoms with E-state index in [9.17, 15) is 8.78 Å². The molecule has 3 aliphatic rings. The van der Waals surface area contributed by atoms with Gasteiger partial charge in [0.15, 0.2) is 0 Å². The molecule has 1 unspecified atom stereocenters. The summed E-state index contributed by atoms with van der Waals surface area (Å²) in [5, 5.41) is 5.58. The third-order valence-electron chi connectivity index (χ3n) is 10.9. The van der Waals surface area contributed by atoms with Crippen LogP contribution in [-0.2, 0) is 35.1 Å². The summed E-state index contributed by atoms with van der Waals surface area (Å²) in [5.41, 5.74) is 12.6. The van der Waals surface area contributed by atoms with Crippen LogP contribution in [0.3, 0.4) is 0 Å². The molecule has 0 radical (unpaired) electrons. The predicted octanol–water partition coefficient (Wildman–Crippen LogP) is 8.18. The second-order valence-electron chi connectivity index (χ2n) is 18.6. The Hall–Kier alpha value is -3.10. The molecule has 0 aliphatic heterocycles. The van der Waals surface area contributed by atoms with Gasteiger partial charge >= 0.3 is 108 Å². The van der Waals surface area contributed by atoms with Crippen molar-refractivity contribution >= 4 is 35.9 Å². The molecule has 8 rings (SSSR count). The Morgan fingerprint density at radius 2 is 1.04 bits per heavy atom. The van der Waals surface area contributed by atoms with Gasteiger partial charge in [-0.05, 0) is 33.1 Å². The molecule has 3 aliphatic carbocycles. The molecule has 0 N–H and O–H groups in total. The summed E-state index contributed by atoms with van der Waals surface area (Å²) >= 11 is 1.22.